The first-order valence-corrected chi connectivity index (χ1v) is 13.2. The molecule has 0 bridgehead atoms. The maximum Gasteiger partial charge on any atom is 0.143 e. The van der Waals surface area contributed by atoms with E-state index in [0.717, 1.165) is 78.3 Å². The average molecular weight is 523 g/mol. The van der Waals surface area contributed by atoms with E-state index in [1.807, 2.05) is 60.7 Å². The summed E-state index contributed by atoms with van der Waals surface area (Å²) in [6, 6.07) is 40.8. The Morgan fingerprint density at radius 2 is 0.800 bits per heavy atom. The van der Waals surface area contributed by atoms with Gasteiger partial charge in [0, 0.05) is 33.0 Å². The lowest BCUT2D eigenvalue weighted by Gasteiger charge is -2.06. The molecule has 0 aliphatic heterocycles. The normalized spacial score (nSPS) is 11.2. The van der Waals surface area contributed by atoms with Crippen molar-refractivity contribution in [3.63, 3.8) is 0 Å². The SMILES string of the molecule is COc1ccc(-c2c(-c3ccccc3)oc3cc4c(-c5ccc(OC)cc5)c(-c5ccccc5)oc4cc23)cc1. The molecule has 0 saturated heterocycles. The fourth-order valence-corrected chi connectivity index (χ4v) is 5.36. The van der Waals surface area contributed by atoms with E-state index in [0.29, 0.717) is 0 Å². The van der Waals surface area contributed by atoms with Crippen LogP contribution in [0.4, 0.5) is 0 Å². The van der Waals surface area contributed by atoms with E-state index in [4.69, 9.17) is 18.3 Å². The topological polar surface area (TPSA) is 44.7 Å². The lowest BCUT2D eigenvalue weighted by molar-refractivity contribution is 0.415. The fraction of sp³-hybridized carbons (Fsp3) is 0.0556. The quantitative estimate of drug-likeness (QED) is 0.218. The Balaban J connectivity index is 1.52. The van der Waals surface area contributed by atoms with Gasteiger partial charge in [-0.2, -0.15) is 0 Å². The number of rotatable bonds is 6. The maximum atomic E-state index is 6.65. The van der Waals surface area contributed by atoms with Crippen molar-refractivity contribution in [1.82, 2.24) is 0 Å². The molecule has 0 saturated carbocycles. The van der Waals surface area contributed by atoms with E-state index >= 15 is 0 Å². The Bertz CT molecular complexity index is 1780. The molecule has 0 amide bonds. The zero-order valence-electron chi connectivity index (χ0n) is 22.2. The number of hydrogen-bond acceptors (Lipinski definition) is 4. The maximum absolute atomic E-state index is 6.65. The lowest BCUT2D eigenvalue weighted by atomic mass is 9.96. The van der Waals surface area contributed by atoms with E-state index < -0.39 is 0 Å². The minimum atomic E-state index is 0.798. The molecule has 0 aliphatic rings. The van der Waals surface area contributed by atoms with Crippen LogP contribution in [0.1, 0.15) is 0 Å². The van der Waals surface area contributed by atoms with Crippen LogP contribution in [0.5, 0.6) is 11.5 Å². The summed E-state index contributed by atoms with van der Waals surface area (Å²) in [7, 11) is 3.35. The second kappa shape index (κ2) is 9.83. The average Bonchev–Trinajstić information content (AvgIpc) is 3.59. The van der Waals surface area contributed by atoms with Gasteiger partial charge in [-0.25, -0.2) is 0 Å². The highest BCUT2D eigenvalue weighted by Gasteiger charge is 2.23. The smallest absolute Gasteiger partial charge is 0.143 e. The highest BCUT2D eigenvalue weighted by molar-refractivity contribution is 6.11. The fourth-order valence-electron chi connectivity index (χ4n) is 5.36. The minimum absolute atomic E-state index is 0.798. The Morgan fingerprint density at radius 3 is 1.15 bits per heavy atom. The van der Waals surface area contributed by atoms with E-state index in [2.05, 4.69) is 60.7 Å². The summed E-state index contributed by atoms with van der Waals surface area (Å²) in [4.78, 5) is 0. The van der Waals surface area contributed by atoms with Crippen molar-refractivity contribution in [2.45, 2.75) is 0 Å². The first-order chi connectivity index (χ1) is 19.7. The molecule has 0 spiro atoms. The summed E-state index contributed by atoms with van der Waals surface area (Å²) in [6.45, 7) is 0. The third-order valence-electron chi connectivity index (χ3n) is 7.33. The van der Waals surface area contributed by atoms with E-state index in [1.165, 1.54) is 0 Å². The number of fused-ring (bicyclic) bond motifs is 2. The van der Waals surface area contributed by atoms with Gasteiger partial charge in [-0.15, -0.1) is 0 Å². The summed E-state index contributed by atoms with van der Waals surface area (Å²) < 4.78 is 24.1. The summed E-state index contributed by atoms with van der Waals surface area (Å²) in [5, 5.41) is 1.98. The first-order valence-electron chi connectivity index (χ1n) is 13.2. The first kappa shape index (κ1) is 23.9. The van der Waals surface area contributed by atoms with Gasteiger partial charge in [-0.05, 0) is 47.5 Å². The van der Waals surface area contributed by atoms with Crippen molar-refractivity contribution >= 4 is 21.9 Å². The molecule has 0 N–H and O–H groups in total. The molecule has 0 unspecified atom stereocenters. The van der Waals surface area contributed by atoms with Crippen LogP contribution in [0.2, 0.25) is 0 Å². The van der Waals surface area contributed by atoms with E-state index in [-0.39, 0.29) is 0 Å². The van der Waals surface area contributed by atoms with E-state index in [1.54, 1.807) is 14.2 Å². The third kappa shape index (κ3) is 4.02. The van der Waals surface area contributed by atoms with Crippen LogP contribution in [-0.4, -0.2) is 14.2 Å². The summed E-state index contributed by atoms with van der Waals surface area (Å²) in [5.74, 6) is 3.26. The van der Waals surface area contributed by atoms with Crippen molar-refractivity contribution in [1.29, 1.82) is 0 Å². The summed E-state index contributed by atoms with van der Waals surface area (Å²) in [5.41, 5.74) is 7.76. The van der Waals surface area contributed by atoms with Gasteiger partial charge >= 0.3 is 0 Å². The highest BCUT2D eigenvalue weighted by Crippen LogP contribution is 2.47. The molecule has 7 rings (SSSR count). The van der Waals surface area contributed by atoms with Crippen molar-refractivity contribution in [2.75, 3.05) is 14.2 Å². The van der Waals surface area contributed by atoms with E-state index in [9.17, 15) is 0 Å². The predicted octanol–water partition coefficient (Wildman–Crippen LogP) is 9.86. The van der Waals surface area contributed by atoms with Gasteiger partial charge in [0.05, 0.1) is 14.2 Å². The lowest BCUT2D eigenvalue weighted by Crippen LogP contribution is -1.84. The third-order valence-corrected chi connectivity index (χ3v) is 7.33. The van der Waals surface area contributed by atoms with Gasteiger partial charge in [0.2, 0.25) is 0 Å². The number of methoxy groups -OCH3 is 2. The van der Waals surface area contributed by atoms with Gasteiger partial charge in [0.1, 0.15) is 34.2 Å². The molecular weight excluding hydrogens is 496 g/mol. The van der Waals surface area contributed by atoms with Crippen molar-refractivity contribution < 1.29 is 18.3 Å². The zero-order chi connectivity index (χ0) is 27.1. The molecule has 0 radical (unpaired) electrons. The zero-order valence-corrected chi connectivity index (χ0v) is 22.2. The molecular formula is C36H26O4. The molecule has 194 valence electrons. The van der Waals surface area contributed by atoms with Crippen LogP contribution >= 0.6 is 0 Å². The molecule has 4 heteroatoms. The van der Waals surface area contributed by atoms with Gasteiger partial charge in [-0.3, -0.25) is 0 Å². The number of furan rings is 2. The summed E-state index contributed by atoms with van der Waals surface area (Å²) >= 11 is 0. The van der Waals surface area contributed by atoms with Crippen LogP contribution in [0.3, 0.4) is 0 Å². The van der Waals surface area contributed by atoms with Gasteiger partial charge < -0.3 is 18.3 Å². The number of ether oxygens (including phenoxy) is 2. The minimum Gasteiger partial charge on any atom is -0.497 e. The van der Waals surface area contributed by atoms with Crippen molar-refractivity contribution in [2.24, 2.45) is 0 Å². The monoisotopic (exact) mass is 522 g/mol. The second-order valence-corrected chi connectivity index (χ2v) is 9.65. The van der Waals surface area contributed by atoms with Gasteiger partial charge in [-0.1, -0.05) is 84.9 Å². The highest BCUT2D eigenvalue weighted by atomic mass is 16.5. The van der Waals surface area contributed by atoms with Crippen LogP contribution < -0.4 is 9.47 Å². The standard InChI is InChI=1S/C36H26O4/c1-37-27-17-13-23(14-18-27)33-29-21-32-30(22-31(29)39-35(33)25-9-5-3-6-10-25)34(24-15-19-28(38-2)20-16-24)36(40-32)26-11-7-4-8-12-26/h3-22H,1-2H3. The van der Waals surface area contributed by atoms with Crippen molar-refractivity contribution in [3.8, 4) is 56.4 Å². The van der Waals surface area contributed by atoms with Crippen LogP contribution in [0.15, 0.2) is 130 Å². The molecule has 0 fully saturated rings. The second-order valence-electron chi connectivity index (χ2n) is 9.65. The molecule has 5 aromatic carbocycles. The molecule has 40 heavy (non-hydrogen) atoms. The van der Waals surface area contributed by atoms with Crippen LogP contribution in [0.25, 0.3) is 66.8 Å². The van der Waals surface area contributed by atoms with Crippen LogP contribution in [0, 0.1) is 0 Å². The Morgan fingerprint density at radius 1 is 0.425 bits per heavy atom. The molecule has 2 heterocycles. The molecule has 7 aromatic rings. The molecule has 0 aliphatic carbocycles. The predicted molar refractivity (Wildman–Crippen MR) is 161 cm³/mol. The number of hydrogen-bond donors (Lipinski definition) is 0. The van der Waals surface area contributed by atoms with Gasteiger partial charge in [0.15, 0.2) is 0 Å². The summed E-state index contributed by atoms with van der Waals surface area (Å²) in [6.07, 6.45) is 0. The largest absolute Gasteiger partial charge is 0.497 e. The van der Waals surface area contributed by atoms with Gasteiger partial charge in [0.25, 0.3) is 0 Å². The Labute approximate surface area is 232 Å². The Hall–Kier alpha value is -5.22. The number of benzene rings is 5. The molecule has 0 atom stereocenters. The Kier molecular flexibility index (Phi) is 5.86. The van der Waals surface area contributed by atoms with Crippen molar-refractivity contribution in [3.05, 3.63) is 121 Å². The molecule has 4 nitrogen and oxygen atoms in total. The van der Waals surface area contributed by atoms with Crippen LogP contribution in [-0.2, 0) is 0 Å². The molecule has 2 aromatic heterocycles.